The van der Waals surface area contributed by atoms with Gasteiger partial charge in [0, 0.05) is 32.2 Å². The monoisotopic (exact) mass is 346 g/mol. The van der Waals surface area contributed by atoms with Crippen molar-refractivity contribution in [1.82, 2.24) is 14.7 Å². The van der Waals surface area contributed by atoms with Gasteiger partial charge in [0.05, 0.1) is 6.04 Å². The van der Waals surface area contributed by atoms with Gasteiger partial charge in [0.25, 0.3) is 0 Å². The summed E-state index contributed by atoms with van der Waals surface area (Å²) in [4.78, 5) is 19.5. The van der Waals surface area contributed by atoms with Crippen LogP contribution in [0.2, 0.25) is 0 Å². The zero-order chi connectivity index (χ0) is 17.8. The highest BCUT2D eigenvalue weighted by atomic mass is 16.3. The fraction of sp³-hybridized carbons (Fsp3) is 0.632. The number of nitrogens with two attached hydrogens (primary N) is 1. The van der Waals surface area contributed by atoms with Gasteiger partial charge in [0.2, 0.25) is 5.91 Å². The van der Waals surface area contributed by atoms with Crippen LogP contribution < -0.4 is 5.73 Å². The third-order valence-electron chi connectivity index (χ3n) is 5.54. The number of aromatic hydroxyl groups is 1. The van der Waals surface area contributed by atoms with Crippen LogP contribution in [0.15, 0.2) is 24.3 Å². The first kappa shape index (κ1) is 18.2. The zero-order valence-corrected chi connectivity index (χ0v) is 15.1. The van der Waals surface area contributed by atoms with E-state index in [-0.39, 0.29) is 11.7 Å². The number of carbonyl (C=O) groups is 1. The molecule has 2 fully saturated rings. The number of phenolic OH excluding ortho intramolecular Hbond substituents is 1. The van der Waals surface area contributed by atoms with Crippen molar-refractivity contribution >= 4 is 5.91 Å². The second kappa shape index (κ2) is 8.17. The predicted octanol–water partition coefficient (Wildman–Crippen LogP) is 0.500. The number of amides is 1. The van der Waals surface area contributed by atoms with E-state index >= 15 is 0 Å². The molecule has 3 N–H and O–H groups in total. The van der Waals surface area contributed by atoms with E-state index < -0.39 is 6.04 Å². The number of rotatable bonds is 4. The van der Waals surface area contributed by atoms with E-state index in [2.05, 4.69) is 16.8 Å². The normalized spacial score (nSPS) is 22.1. The molecule has 0 aromatic heterocycles. The Morgan fingerprint density at radius 2 is 1.72 bits per heavy atom. The molecule has 2 aliphatic rings. The van der Waals surface area contributed by atoms with Crippen LogP contribution in [0.1, 0.15) is 18.4 Å². The third-order valence-corrected chi connectivity index (χ3v) is 5.54. The Kier molecular flexibility index (Phi) is 5.93. The predicted molar refractivity (Wildman–Crippen MR) is 98.5 cm³/mol. The van der Waals surface area contributed by atoms with Gasteiger partial charge in [-0.1, -0.05) is 12.1 Å². The topological polar surface area (TPSA) is 73.0 Å². The number of hydrogen-bond acceptors (Lipinski definition) is 5. The summed E-state index contributed by atoms with van der Waals surface area (Å²) < 4.78 is 0. The largest absolute Gasteiger partial charge is 0.508 e. The SMILES string of the molecule is CN1CCC(N2CCN(C(=O)[C@@H](N)Cc3ccc(O)cc3)CC2)CC1. The minimum atomic E-state index is -0.514. The van der Waals surface area contributed by atoms with E-state index in [1.165, 1.54) is 25.9 Å². The molecule has 6 heteroatoms. The Morgan fingerprint density at radius 1 is 1.12 bits per heavy atom. The van der Waals surface area contributed by atoms with Crippen molar-refractivity contribution in [2.45, 2.75) is 31.3 Å². The maximum absolute atomic E-state index is 12.6. The van der Waals surface area contributed by atoms with Gasteiger partial charge in [-0.25, -0.2) is 0 Å². The fourth-order valence-corrected chi connectivity index (χ4v) is 3.88. The van der Waals surface area contributed by atoms with Crippen molar-refractivity contribution in [2.24, 2.45) is 5.73 Å². The molecule has 25 heavy (non-hydrogen) atoms. The standard InChI is InChI=1S/C19H30N4O2/c1-21-8-6-16(7-9-21)22-10-12-23(13-11-22)19(25)18(20)14-15-2-4-17(24)5-3-15/h2-5,16,18,24H,6-14,20H2,1H3/t18-/m0/s1. The molecular weight excluding hydrogens is 316 g/mol. The lowest BCUT2D eigenvalue weighted by Gasteiger charge is -2.42. The molecule has 2 saturated heterocycles. The Labute approximate surface area is 150 Å². The van der Waals surface area contributed by atoms with Crippen molar-refractivity contribution in [3.05, 3.63) is 29.8 Å². The van der Waals surface area contributed by atoms with Crippen molar-refractivity contribution in [1.29, 1.82) is 0 Å². The summed E-state index contributed by atoms with van der Waals surface area (Å²) in [6, 6.07) is 7.06. The quantitative estimate of drug-likeness (QED) is 0.831. The van der Waals surface area contributed by atoms with Gasteiger partial charge >= 0.3 is 0 Å². The molecular formula is C19H30N4O2. The number of carbonyl (C=O) groups excluding carboxylic acids is 1. The second-order valence-electron chi connectivity index (χ2n) is 7.37. The molecule has 1 aromatic rings. The number of piperazine rings is 1. The van der Waals surface area contributed by atoms with Crippen molar-refractivity contribution < 1.29 is 9.90 Å². The number of nitrogens with zero attached hydrogens (tertiary/aromatic N) is 3. The van der Waals surface area contributed by atoms with Gasteiger partial charge in [0.1, 0.15) is 5.75 Å². The van der Waals surface area contributed by atoms with Crippen LogP contribution in [0.3, 0.4) is 0 Å². The van der Waals surface area contributed by atoms with Gasteiger partial charge in [-0.3, -0.25) is 9.69 Å². The first-order valence-corrected chi connectivity index (χ1v) is 9.28. The first-order valence-electron chi connectivity index (χ1n) is 9.28. The molecule has 3 rings (SSSR count). The Morgan fingerprint density at radius 3 is 2.32 bits per heavy atom. The molecule has 1 atom stereocenters. The van der Waals surface area contributed by atoms with Crippen molar-refractivity contribution in [3.8, 4) is 5.75 Å². The summed E-state index contributed by atoms with van der Waals surface area (Å²) in [5.74, 6) is 0.268. The van der Waals surface area contributed by atoms with Crippen LogP contribution in [0.4, 0.5) is 0 Å². The molecule has 0 radical (unpaired) electrons. The van der Waals surface area contributed by atoms with Crippen LogP contribution in [-0.2, 0) is 11.2 Å². The van der Waals surface area contributed by atoms with Gasteiger partial charge in [0.15, 0.2) is 0 Å². The summed E-state index contributed by atoms with van der Waals surface area (Å²) in [7, 11) is 2.18. The molecule has 0 aliphatic carbocycles. The molecule has 2 heterocycles. The van der Waals surface area contributed by atoms with E-state index in [0.29, 0.717) is 12.5 Å². The first-order chi connectivity index (χ1) is 12.0. The Bertz CT molecular complexity index is 561. The number of hydrogen-bond donors (Lipinski definition) is 2. The maximum Gasteiger partial charge on any atom is 0.239 e. The molecule has 0 spiro atoms. The summed E-state index contributed by atoms with van der Waals surface area (Å²) in [5, 5.41) is 9.34. The maximum atomic E-state index is 12.6. The lowest BCUT2D eigenvalue weighted by atomic mass is 10.0. The van der Waals surface area contributed by atoms with Gasteiger partial charge < -0.3 is 20.6 Å². The Hall–Kier alpha value is -1.63. The van der Waals surface area contributed by atoms with Crippen LogP contribution in [0.25, 0.3) is 0 Å². The average Bonchev–Trinajstić information content (AvgIpc) is 2.64. The molecule has 1 amide bonds. The number of likely N-dealkylation sites (tertiary alicyclic amines) is 1. The average molecular weight is 346 g/mol. The van der Waals surface area contributed by atoms with Crippen molar-refractivity contribution in [3.63, 3.8) is 0 Å². The molecule has 0 bridgehead atoms. The summed E-state index contributed by atoms with van der Waals surface area (Å²) in [6.45, 7) is 5.78. The van der Waals surface area contributed by atoms with Crippen LogP contribution >= 0.6 is 0 Å². The smallest absolute Gasteiger partial charge is 0.239 e. The van der Waals surface area contributed by atoms with Crippen molar-refractivity contribution in [2.75, 3.05) is 46.3 Å². The van der Waals surface area contributed by atoms with Crippen LogP contribution in [0.5, 0.6) is 5.75 Å². The molecule has 1 aromatic carbocycles. The highest BCUT2D eigenvalue weighted by Gasteiger charge is 2.29. The van der Waals surface area contributed by atoms with Crippen LogP contribution in [0, 0.1) is 0 Å². The third kappa shape index (κ3) is 4.71. The van der Waals surface area contributed by atoms with Gasteiger partial charge in [-0.15, -0.1) is 0 Å². The van der Waals surface area contributed by atoms with E-state index in [1.807, 2.05) is 17.0 Å². The molecule has 2 aliphatic heterocycles. The van der Waals surface area contributed by atoms with E-state index in [9.17, 15) is 9.90 Å². The summed E-state index contributed by atoms with van der Waals surface area (Å²) in [5.41, 5.74) is 7.11. The molecule has 6 nitrogen and oxygen atoms in total. The Balaban J connectivity index is 1.46. The lowest BCUT2D eigenvalue weighted by molar-refractivity contribution is -0.134. The summed E-state index contributed by atoms with van der Waals surface area (Å²) in [6.07, 6.45) is 2.96. The number of piperidine rings is 1. The second-order valence-corrected chi connectivity index (χ2v) is 7.37. The summed E-state index contributed by atoms with van der Waals surface area (Å²) >= 11 is 0. The van der Waals surface area contributed by atoms with Gasteiger partial charge in [-0.2, -0.15) is 0 Å². The highest BCUT2D eigenvalue weighted by Crippen LogP contribution is 2.18. The minimum Gasteiger partial charge on any atom is -0.508 e. The van der Waals surface area contributed by atoms with Crippen LogP contribution in [-0.4, -0.2) is 84.1 Å². The molecule has 138 valence electrons. The number of phenols is 1. The van der Waals surface area contributed by atoms with E-state index in [1.54, 1.807) is 12.1 Å². The molecule has 0 unspecified atom stereocenters. The molecule has 0 saturated carbocycles. The van der Waals surface area contributed by atoms with Gasteiger partial charge in [-0.05, 0) is 57.1 Å². The minimum absolute atomic E-state index is 0.0381. The zero-order valence-electron chi connectivity index (χ0n) is 15.1. The highest BCUT2D eigenvalue weighted by molar-refractivity contribution is 5.82. The lowest BCUT2D eigenvalue weighted by Crippen LogP contribution is -2.56. The fourth-order valence-electron chi connectivity index (χ4n) is 3.88. The van der Waals surface area contributed by atoms with E-state index in [0.717, 1.165) is 31.7 Å². The number of benzene rings is 1. The van der Waals surface area contributed by atoms with E-state index in [4.69, 9.17) is 5.73 Å².